The predicted octanol–water partition coefficient (Wildman–Crippen LogP) is 4.68. The Balaban J connectivity index is 1.80. The zero-order valence-electron chi connectivity index (χ0n) is 11.7. The molecule has 0 radical (unpaired) electrons. The first-order valence-electron chi connectivity index (χ1n) is 6.68. The number of aromatic amines is 1. The summed E-state index contributed by atoms with van der Waals surface area (Å²) in [5, 5.41) is 4.03. The van der Waals surface area contributed by atoms with Crippen molar-refractivity contribution in [2.24, 2.45) is 0 Å². The summed E-state index contributed by atoms with van der Waals surface area (Å²) >= 11 is 7.41. The van der Waals surface area contributed by atoms with E-state index in [4.69, 9.17) is 11.6 Å². The number of aromatic nitrogens is 1. The highest BCUT2D eigenvalue weighted by Crippen LogP contribution is 2.27. The average molecular weight is 319 g/mol. The van der Waals surface area contributed by atoms with E-state index in [0.717, 1.165) is 20.1 Å². The van der Waals surface area contributed by atoms with Crippen LogP contribution in [0.4, 0.5) is 0 Å². The summed E-state index contributed by atoms with van der Waals surface area (Å²) in [5.74, 6) is -0.110. The lowest BCUT2D eigenvalue weighted by Gasteiger charge is -2.11. The van der Waals surface area contributed by atoms with Crippen molar-refractivity contribution in [3.05, 3.63) is 56.9 Å². The standard InChI is InChI=1S/C16H15ClN2OS/c1-9-3-4-12-11(7-9)8-13(19-12)16(20)18-10(2)14-5-6-15(17)21-14/h3-8,10,19H,1-2H3,(H,18,20). The lowest BCUT2D eigenvalue weighted by atomic mass is 10.2. The number of nitrogens with one attached hydrogen (secondary N) is 2. The van der Waals surface area contributed by atoms with Gasteiger partial charge >= 0.3 is 0 Å². The second-order valence-electron chi connectivity index (χ2n) is 5.11. The minimum absolute atomic E-state index is 0.0665. The fourth-order valence-electron chi connectivity index (χ4n) is 2.28. The number of carbonyl (C=O) groups is 1. The van der Waals surface area contributed by atoms with Gasteiger partial charge in [-0.05, 0) is 44.2 Å². The third-order valence-corrected chi connectivity index (χ3v) is 4.80. The number of hydrogen-bond acceptors (Lipinski definition) is 2. The first-order valence-corrected chi connectivity index (χ1v) is 7.88. The van der Waals surface area contributed by atoms with Crippen LogP contribution in [0.25, 0.3) is 10.9 Å². The Morgan fingerprint density at radius 3 is 2.81 bits per heavy atom. The summed E-state index contributed by atoms with van der Waals surface area (Å²) in [5.41, 5.74) is 2.72. The van der Waals surface area contributed by atoms with Crippen LogP contribution in [0.1, 0.15) is 33.9 Å². The van der Waals surface area contributed by atoms with E-state index >= 15 is 0 Å². The van der Waals surface area contributed by atoms with Gasteiger partial charge in [0.05, 0.1) is 10.4 Å². The van der Waals surface area contributed by atoms with Gasteiger partial charge in [-0.2, -0.15) is 0 Å². The number of halogens is 1. The monoisotopic (exact) mass is 318 g/mol. The molecule has 1 atom stereocenters. The van der Waals surface area contributed by atoms with Gasteiger partial charge in [-0.15, -0.1) is 11.3 Å². The Morgan fingerprint density at radius 1 is 1.29 bits per heavy atom. The molecule has 0 saturated carbocycles. The van der Waals surface area contributed by atoms with Crippen LogP contribution >= 0.6 is 22.9 Å². The fourth-order valence-corrected chi connectivity index (χ4v) is 3.34. The molecule has 21 heavy (non-hydrogen) atoms. The summed E-state index contributed by atoms with van der Waals surface area (Å²) in [6, 6.07) is 11.7. The zero-order valence-corrected chi connectivity index (χ0v) is 13.3. The third-order valence-electron chi connectivity index (χ3n) is 3.39. The van der Waals surface area contributed by atoms with Crippen LogP contribution in [-0.4, -0.2) is 10.9 Å². The molecule has 3 aromatic rings. The number of fused-ring (bicyclic) bond motifs is 1. The molecule has 2 heterocycles. The van der Waals surface area contributed by atoms with Crippen molar-refractivity contribution in [2.45, 2.75) is 19.9 Å². The molecule has 1 aromatic carbocycles. The molecule has 5 heteroatoms. The Bertz CT molecular complexity index is 806. The number of carbonyl (C=O) groups excluding carboxylic acids is 1. The van der Waals surface area contributed by atoms with Gasteiger partial charge in [0.2, 0.25) is 0 Å². The van der Waals surface area contributed by atoms with Gasteiger partial charge in [0.25, 0.3) is 5.91 Å². The summed E-state index contributed by atoms with van der Waals surface area (Å²) in [7, 11) is 0. The van der Waals surface area contributed by atoms with E-state index in [0.29, 0.717) is 5.69 Å². The molecule has 3 rings (SSSR count). The highest BCUT2D eigenvalue weighted by Gasteiger charge is 2.15. The predicted molar refractivity (Wildman–Crippen MR) is 88.2 cm³/mol. The Hall–Kier alpha value is -1.78. The van der Waals surface area contributed by atoms with Gasteiger partial charge < -0.3 is 10.3 Å². The highest BCUT2D eigenvalue weighted by molar-refractivity contribution is 7.16. The van der Waals surface area contributed by atoms with E-state index in [1.54, 1.807) is 0 Å². The van der Waals surface area contributed by atoms with Crippen molar-refractivity contribution in [2.75, 3.05) is 0 Å². The van der Waals surface area contributed by atoms with E-state index in [2.05, 4.69) is 16.4 Å². The van der Waals surface area contributed by atoms with Crippen molar-refractivity contribution in [3.63, 3.8) is 0 Å². The molecular formula is C16H15ClN2OS. The maximum Gasteiger partial charge on any atom is 0.268 e. The molecule has 108 valence electrons. The van der Waals surface area contributed by atoms with Gasteiger partial charge in [-0.3, -0.25) is 4.79 Å². The molecule has 0 fully saturated rings. The van der Waals surface area contributed by atoms with Crippen molar-refractivity contribution in [3.8, 4) is 0 Å². The molecule has 0 bridgehead atoms. The van der Waals surface area contributed by atoms with Gasteiger partial charge in [0.1, 0.15) is 5.69 Å². The van der Waals surface area contributed by atoms with Crippen molar-refractivity contribution in [1.29, 1.82) is 0 Å². The molecule has 2 aromatic heterocycles. The van der Waals surface area contributed by atoms with Crippen LogP contribution in [0.2, 0.25) is 4.34 Å². The minimum Gasteiger partial charge on any atom is -0.351 e. The summed E-state index contributed by atoms with van der Waals surface area (Å²) in [6.45, 7) is 3.99. The molecular weight excluding hydrogens is 304 g/mol. The zero-order chi connectivity index (χ0) is 15.0. The van der Waals surface area contributed by atoms with Gasteiger partial charge in [-0.25, -0.2) is 0 Å². The number of H-pyrrole nitrogens is 1. The maximum absolute atomic E-state index is 12.3. The largest absolute Gasteiger partial charge is 0.351 e. The molecule has 3 nitrogen and oxygen atoms in total. The lowest BCUT2D eigenvalue weighted by Crippen LogP contribution is -2.26. The lowest BCUT2D eigenvalue weighted by molar-refractivity contribution is 0.0936. The van der Waals surface area contributed by atoms with Crippen LogP contribution < -0.4 is 5.32 Å². The Morgan fingerprint density at radius 2 is 2.10 bits per heavy atom. The van der Waals surface area contributed by atoms with Gasteiger partial charge in [0, 0.05) is 15.8 Å². The van der Waals surface area contributed by atoms with Crippen LogP contribution in [0.5, 0.6) is 0 Å². The second kappa shape index (κ2) is 5.54. The molecule has 0 aliphatic carbocycles. The number of amides is 1. The minimum atomic E-state index is -0.110. The number of hydrogen-bond donors (Lipinski definition) is 2. The molecule has 1 unspecified atom stereocenters. The number of thiophene rings is 1. The normalized spacial score (nSPS) is 12.5. The van der Waals surface area contributed by atoms with Crippen LogP contribution in [0, 0.1) is 6.92 Å². The maximum atomic E-state index is 12.3. The first-order chi connectivity index (χ1) is 10.0. The summed E-state index contributed by atoms with van der Waals surface area (Å²) in [6.07, 6.45) is 0. The molecule has 0 aliphatic heterocycles. The van der Waals surface area contributed by atoms with E-state index in [1.807, 2.05) is 44.2 Å². The average Bonchev–Trinajstić information content (AvgIpc) is 3.04. The number of rotatable bonds is 3. The van der Waals surface area contributed by atoms with Crippen molar-refractivity contribution < 1.29 is 4.79 Å². The Labute approximate surface area is 131 Å². The SMILES string of the molecule is Cc1ccc2[nH]c(C(=O)NC(C)c3ccc(Cl)s3)cc2c1. The summed E-state index contributed by atoms with van der Waals surface area (Å²) < 4.78 is 0.729. The summed E-state index contributed by atoms with van der Waals surface area (Å²) in [4.78, 5) is 16.5. The van der Waals surface area contributed by atoms with Crippen LogP contribution in [0.15, 0.2) is 36.4 Å². The third kappa shape index (κ3) is 2.96. The number of benzene rings is 1. The number of aryl methyl sites for hydroxylation is 1. The Kier molecular flexibility index (Phi) is 3.74. The van der Waals surface area contributed by atoms with E-state index in [1.165, 1.54) is 16.9 Å². The van der Waals surface area contributed by atoms with Crippen molar-refractivity contribution >= 4 is 39.7 Å². The van der Waals surface area contributed by atoms with Crippen LogP contribution in [0.3, 0.4) is 0 Å². The van der Waals surface area contributed by atoms with E-state index < -0.39 is 0 Å². The van der Waals surface area contributed by atoms with Gasteiger partial charge in [0.15, 0.2) is 0 Å². The van der Waals surface area contributed by atoms with E-state index in [-0.39, 0.29) is 11.9 Å². The molecule has 2 N–H and O–H groups in total. The molecule has 0 aliphatic rings. The highest BCUT2D eigenvalue weighted by atomic mass is 35.5. The van der Waals surface area contributed by atoms with E-state index in [9.17, 15) is 4.79 Å². The quantitative estimate of drug-likeness (QED) is 0.723. The molecule has 0 saturated heterocycles. The smallest absolute Gasteiger partial charge is 0.268 e. The fraction of sp³-hybridized carbons (Fsp3) is 0.188. The molecule has 1 amide bonds. The topological polar surface area (TPSA) is 44.9 Å². The van der Waals surface area contributed by atoms with Crippen molar-refractivity contribution in [1.82, 2.24) is 10.3 Å². The first kappa shape index (κ1) is 14.2. The second-order valence-corrected chi connectivity index (χ2v) is 6.86. The van der Waals surface area contributed by atoms with Crippen LogP contribution in [-0.2, 0) is 0 Å². The molecule has 0 spiro atoms. The van der Waals surface area contributed by atoms with Gasteiger partial charge in [-0.1, -0.05) is 23.2 Å².